The molecule has 0 bridgehead atoms. The lowest BCUT2D eigenvalue weighted by atomic mass is 10.2. The van der Waals surface area contributed by atoms with Crippen molar-refractivity contribution in [3.05, 3.63) is 183 Å². The van der Waals surface area contributed by atoms with Gasteiger partial charge in [-0.2, -0.15) is 0 Å². The van der Waals surface area contributed by atoms with Gasteiger partial charge >= 0.3 is 91.3 Å². The van der Waals surface area contributed by atoms with Gasteiger partial charge in [0.2, 0.25) is 0 Å². The van der Waals surface area contributed by atoms with Crippen molar-refractivity contribution in [1.29, 1.82) is 0 Å². The molecule has 12 aliphatic rings. The van der Waals surface area contributed by atoms with E-state index in [0.29, 0.717) is 91.9 Å². The van der Waals surface area contributed by atoms with Gasteiger partial charge in [-0.1, -0.05) is 25.5 Å². The van der Waals surface area contributed by atoms with Crippen molar-refractivity contribution in [1.82, 2.24) is 68.5 Å². The van der Waals surface area contributed by atoms with Crippen molar-refractivity contribution in [3.8, 4) is 0 Å². The van der Waals surface area contributed by atoms with E-state index in [1.165, 1.54) is 39.7 Å². The Balaban J connectivity index is 0.000000122. The lowest BCUT2D eigenvalue weighted by Gasteiger charge is -2.14. The first-order chi connectivity index (χ1) is 53.0. The summed E-state index contributed by atoms with van der Waals surface area (Å²) >= 11 is 0. The van der Waals surface area contributed by atoms with Gasteiger partial charge in [0, 0.05) is 32.8 Å². The standard InChI is InChI=1S/C19H29N3O5.C14H17N3O7.C12H15N3O6.C12H15N3O5.C10H13N3O5/c23-17-20(9-1-4-14-7-8-14)18(24)22(11-3-6-16-13-27-16)19(25)21(17)10-2-5-15-12-26-15;1-2-11(18)22-4-3-15-12(19)16(5-9-7-23-9)14(21)17(13(15)20)6-10-8-24-10;16-10-13(1-7-4-19-7)11(17)15(3-9-6-21-9)12(18)14(10)2-8-5-20-8;1-2-3-13-10(16)14(4-8-6-19-8)12(18)15(11(13)17)5-9-7-20-9;1-11-8(14)12(2-6-4-17-6)10(16)13(9(11)15)3-7-5-18-7/h14-16H,1-13H2;2,9-10H,1,3-8H2;7-9H,1-6H2;2,8-9H,1,3-7H2;6-7H,2-5H2,1H3. The second-order valence-corrected chi connectivity index (χ2v) is 28.5. The number of aromatic nitrogens is 15. The molecular formula is C67H89N15O28. The summed E-state index contributed by atoms with van der Waals surface area (Å²) in [6.45, 7) is 15.2. The molecule has 0 radical (unpaired) electrons. The van der Waals surface area contributed by atoms with Gasteiger partial charge in [0.15, 0.2) is 0 Å². The number of hydrogen-bond donors (Lipinski definition) is 0. The highest BCUT2D eigenvalue weighted by atomic mass is 16.6. The van der Waals surface area contributed by atoms with E-state index in [4.69, 9.17) is 56.8 Å². The number of epoxide rings is 11. The Bertz CT molecular complexity index is 4810. The summed E-state index contributed by atoms with van der Waals surface area (Å²) in [6, 6.07) is 0. The molecule has 0 spiro atoms. The fraction of sp³-hybridized carbons (Fsp3) is 0.701. The number of esters is 1. The van der Waals surface area contributed by atoms with E-state index in [-0.39, 0.29) is 146 Å². The van der Waals surface area contributed by atoms with E-state index in [1.54, 1.807) is 0 Å². The third kappa shape index (κ3) is 21.0. The predicted molar refractivity (Wildman–Crippen MR) is 376 cm³/mol. The van der Waals surface area contributed by atoms with Crippen LogP contribution in [0.5, 0.6) is 0 Å². The van der Waals surface area contributed by atoms with Gasteiger partial charge in [-0.25, -0.2) is 145 Å². The molecule has 11 atom stereocenters. The van der Waals surface area contributed by atoms with Crippen molar-refractivity contribution >= 4 is 5.97 Å². The average Bonchev–Trinajstić information content (AvgIpc) is 1.77. The first-order valence-electron chi connectivity index (χ1n) is 36.8. The molecule has 1 saturated carbocycles. The molecule has 110 heavy (non-hydrogen) atoms. The Hall–Kier alpha value is -9.44. The number of allylic oxidation sites excluding steroid dienone is 1. The second-order valence-electron chi connectivity index (χ2n) is 28.5. The third-order valence-corrected chi connectivity index (χ3v) is 19.5. The highest BCUT2D eigenvalue weighted by Crippen LogP contribution is 2.33. The van der Waals surface area contributed by atoms with Crippen LogP contribution in [0.1, 0.15) is 51.4 Å². The van der Waals surface area contributed by atoms with Crippen LogP contribution < -0.4 is 85.3 Å². The van der Waals surface area contributed by atoms with E-state index < -0.39 is 91.3 Å². The molecule has 0 aromatic carbocycles. The maximum absolute atomic E-state index is 12.8. The van der Waals surface area contributed by atoms with E-state index in [0.717, 1.165) is 106 Å². The molecular weight excluding hydrogens is 1460 g/mol. The predicted octanol–water partition coefficient (Wildman–Crippen LogP) is -8.55. The van der Waals surface area contributed by atoms with E-state index in [2.05, 4.69) is 13.2 Å². The van der Waals surface area contributed by atoms with Crippen LogP contribution in [-0.2, 0) is 160 Å². The summed E-state index contributed by atoms with van der Waals surface area (Å²) in [5.41, 5.74) is -9.00. The Morgan fingerprint density at radius 1 is 0.309 bits per heavy atom. The molecule has 16 heterocycles. The van der Waals surface area contributed by atoms with Crippen LogP contribution in [0, 0.1) is 5.92 Å². The van der Waals surface area contributed by atoms with E-state index >= 15 is 0 Å². The Morgan fingerprint density at radius 3 is 0.745 bits per heavy atom. The fourth-order valence-electron chi connectivity index (χ4n) is 12.0. The molecule has 43 heteroatoms. The van der Waals surface area contributed by atoms with Gasteiger partial charge in [-0.05, 0) is 44.4 Å². The van der Waals surface area contributed by atoms with Crippen LogP contribution in [0.25, 0.3) is 0 Å². The topological polar surface area (TPSA) is 494 Å². The summed E-state index contributed by atoms with van der Waals surface area (Å²) in [4.78, 5) is 196. The Labute approximate surface area is 619 Å². The number of rotatable bonds is 36. The number of carbonyl (C=O) groups is 1. The molecule has 11 saturated heterocycles. The molecule has 11 aliphatic heterocycles. The van der Waals surface area contributed by atoms with Crippen LogP contribution >= 0.6 is 0 Å². The highest BCUT2D eigenvalue weighted by Gasteiger charge is 2.36. The molecule has 43 nitrogen and oxygen atoms in total. The van der Waals surface area contributed by atoms with Gasteiger partial charge in [0.25, 0.3) is 0 Å². The average molecular weight is 1550 g/mol. The first-order valence-corrected chi connectivity index (χ1v) is 36.8. The number of hydrogen-bond acceptors (Lipinski definition) is 28. The SMILES string of the molecule is C=CC(=O)OCCn1c(=O)n(CC2CO2)c(=O)n(CC2CO2)c1=O.C=CCn1c(=O)n(CC2CO2)c(=O)n(CC2CO2)c1=O.Cn1c(=O)n(CC2CO2)c(=O)n(CC2CO2)c1=O.O=c1n(CC2CO2)c(=O)n(CC2CO2)c(=O)n1CC1CO1.O=c1n(CCCC2CC2)c(=O)n(CCCC2CO2)c(=O)n1CCCC1CO1. The van der Waals surface area contributed by atoms with Crippen LogP contribution in [0.3, 0.4) is 0 Å². The minimum atomic E-state index is -0.747. The summed E-state index contributed by atoms with van der Waals surface area (Å²) < 4.78 is 76.5. The minimum Gasteiger partial charge on any atom is -0.461 e. The Morgan fingerprint density at radius 2 is 0.518 bits per heavy atom. The van der Waals surface area contributed by atoms with Crippen LogP contribution in [-0.4, -0.2) is 221 Å². The molecule has 0 N–H and O–H groups in total. The molecule has 17 rings (SSSR count). The zero-order chi connectivity index (χ0) is 77.8. The molecule has 12 fully saturated rings. The zero-order valence-corrected chi connectivity index (χ0v) is 60.7. The molecule has 600 valence electrons. The summed E-state index contributed by atoms with van der Waals surface area (Å²) in [7, 11) is 1.36. The van der Waals surface area contributed by atoms with Crippen molar-refractivity contribution < 1.29 is 61.6 Å². The fourth-order valence-corrected chi connectivity index (χ4v) is 12.0. The van der Waals surface area contributed by atoms with Gasteiger partial charge in [0.05, 0.1) is 212 Å². The van der Waals surface area contributed by atoms with Crippen molar-refractivity contribution in [2.45, 2.75) is 210 Å². The molecule has 0 amide bonds. The summed E-state index contributed by atoms with van der Waals surface area (Å²) in [5.74, 6) is 0.0976. The smallest absolute Gasteiger partial charge is 0.336 e. The largest absolute Gasteiger partial charge is 0.461 e. The van der Waals surface area contributed by atoms with Gasteiger partial charge in [-0.3, -0.25) is 0 Å². The normalized spacial score (nSPS) is 24.5. The quantitative estimate of drug-likeness (QED) is 0.0155. The van der Waals surface area contributed by atoms with Gasteiger partial charge < -0.3 is 56.8 Å². The minimum absolute atomic E-state index is 0.0645. The maximum Gasteiger partial charge on any atom is 0.336 e. The summed E-state index contributed by atoms with van der Waals surface area (Å²) in [6.07, 6.45) is 9.20. The molecule has 5 aromatic heterocycles. The molecule has 1 aliphatic carbocycles. The zero-order valence-electron chi connectivity index (χ0n) is 60.7. The van der Waals surface area contributed by atoms with Crippen molar-refractivity contribution in [2.24, 2.45) is 13.0 Å². The van der Waals surface area contributed by atoms with Gasteiger partial charge in [0.1, 0.15) is 6.61 Å². The highest BCUT2D eigenvalue weighted by molar-refractivity contribution is 5.81. The maximum atomic E-state index is 12.8. The lowest BCUT2D eigenvalue weighted by Crippen LogP contribution is -2.55. The van der Waals surface area contributed by atoms with Gasteiger partial charge in [-0.15, -0.1) is 6.58 Å². The van der Waals surface area contributed by atoms with Crippen molar-refractivity contribution in [2.75, 3.05) is 79.3 Å². The second kappa shape index (κ2) is 34.4. The number of ether oxygens (including phenoxy) is 12. The van der Waals surface area contributed by atoms with E-state index in [1.807, 2.05) is 0 Å². The van der Waals surface area contributed by atoms with Crippen LogP contribution in [0.4, 0.5) is 0 Å². The van der Waals surface area contributed by atoms with Crippen LogP contribution in [0.15, 0.2) is 97.2 Å². The first kappa shape index (κ1) is 78.7. The van der Waals surface area contributed by atoms with Crippen LogP contribution in [0.2, 0.25) is 0 Å². The molecule has 5 aromatic rings. The van der Waals surface area contributed by atoms with Crippen molar-refractivity contribution in [3.63, 3.8) is 0 Å². The molecule has 11 unspecified atom stereocenters. The van der Waals surface area contributed by atoms with E-state index in [9.17, 15) is 76.7 Å². The summed E-state index contributed by atoms with van der Waals surface area (Å²) in [5, 5.41) is 0. The monoisotopic (exact) mass is 1550 g/mol. The lowest BCUT2D eigenvalue weighted by molar-refractivity contribution is -0.138. The number of nitrogens with zero attached hydrogens (tertiary/aromatic N) is 15. The third-order valence-electron chi connectivity index (χ3n) is 19.5. The Kier molecular flexibility index (Phi) is 24.6. The number of carbonyl (C=O) groups excluding carboxylic acids is 1.